The Hall–Kier alpha value is -5.87. The molecule has 286 valence electrons. The van der Waals surface area contributed by atoms with Gasteiger partial charge in [-0.05, 0) is 47.2 Å². The van der Waals surface area contributed by atoms with Gasteiger partial charge in [-0.2, -0.15) is 0 Å². The van der Waals surface area contributed by atoms with Crippen molar-refractivity contribution in [1.82, 2.24) is 15.3 Å². The first kappa shape index (κ1) is 40.3. The molecule has 10 heteroatoms. The quantitative estimate of drug-likeness (QED) is 0.0604. The highest BCUT2D eigenvalue weighted by Crippen LogP contribution is 2.25. The number of carbonyl (C=O) groups is 3. The summed E-state index contributed by atoms with van der Waals surface area (Å²) in [5.41, 5.74) is 4.63. The number of carbonyl (C=O) groups excluding carboxylic acids is 3. The van der Waals surface area contributed by atoms with Crippen molar-refractivity contribution >= 4 is 17.8 Å². The Morgan fingerprint density at radius 1 is 0.727 bits per heavy atom. The van der Waals surface area contributed by atoms with Crippen LogP contribution in [-0.2, 0) is 36.9 Å². The van der Waals surface area contributed by atoms with E-state index in [1.807, 2.05) is 78.9 Å². The number of benzene rings is 4. The zero-order valence-electron chi connectivity index (χ0n) is 31.4. The second-order valence-corrected chi connectivity index (χ2v) is 13.4. The van der Waals surface area contributed by atoms with E-state index < -0.39 is 35.9 Å². The van der Waals surface area contributed by atoms with Gasteiger partial charge in [-0.25, -0.2) is 14.8 Å². The molecular formula is C45H49N3O7. The summed E-state index contributed by atoms with van der Waals surface area (Å²) in [6.07, 6.45) is 8.05. The maximum absolute atomic E-state index is 13.8. The van der Waals surface area contributed by atoms with Crippen molar-refractivity contribution in [3.63, 3.8) is 0 Å². The van der Waals surface area contributed by atoms with E-state index in [0.717, 1.165) is 40.0 Å². The Morgan fingerprint density at radius 3 is 2.02 bits per heavy atom. The van der Waals surface area contributed by atoms with Gasteiger partial charge in [-0.1, -0.05) is 130 Å². The normalized spacial score (nSPS) is 12.6. The number of methoxy groups -OCH3 is 1. The molecule has 0 fully saturated rings. The number of aliphatic hydroxyl groups is 1. The molecule has 2 unspecified atom stereocenters. The van der Waals surface area contributed by atoms with E-state index in [9.17, 15) is 19.5 Å². The Morgan fingerprint density at radius 2 is 1.36 bits per heavy atom. The minimum Gasteiger partial charge on any atom is -0.494 e. The Balaban J connectivity index is 1.25. The monoisotopic (exact) mass is 743 g/mol. The standard InChI is InChI=1S/C45H49N3O7/c1-3-4-5-6-13-26-54-39-24-22-34(23-25-39)38-29-46-43(47-30-38)36-20-18-32(19-21-36)27-37(28-40(49)55-31-33-14-9-7-10-15-33)44(51)48-41(45(52)53-2)42(50)35-16-11-8-12-17-35/h7-12,14-25,29-30,37,41-42,50H,3-6,13,26-28,31H2,1-2H3,(H,48,51)/t37-,41?,42?/m1/s1. The number of aliphatic hydroxyl groups excluding tert-OH is 1. The molecule has 1 aromatic heterocycles. The van der Waals surface area contributed by atoms with Crippen molar-refractivity contribution in [2.45, 2.75) is 70.6 Å². The minimum atomic E-state index is -1.40. The lowest BCUT2D eigenvalue weighted by Gasteiger charge is -2.25. The van der Waals surface area contributed by atoms with E-state index >= 15 is 0 Å². The van der Waals surface area contributed by atoms with Gasteiger partial charge in [0.2, 0.25) is 5.91 Å². The summed E-state index contributed by atoms with van der Waals surface area (Å²) >= 11 is 0. The lowest BCUT2D eigenvalue weighted by Crippen LogP contribution is -2.48. The molecule has 0 saturated carbocycles. The highest BCUT2D eigenvalue weighted by atomic mass is 16.5. The van der Waals surface area contributed by atoms with Gasteiger partial charge in [0.15, 0.2) is 11.9 Å². The molecule has 10 nitrogen and oxygen atoms in total. The number of nitrogens with one attached hydrogen (secondary N) is 1. The van der Waals surface area contributed by atoms with Crippen molar-refractivity contribution in [3.8, 4) is 28.3 Å². The van der Waals surface area contributed by atoms with Crippen molar-refractivity contribution in [2.75, 3.05) is 13.7 Å². The van der Waals surface area contributed by atoms with Gasteiger partial charge in [0.1, 0.15) is 18.5 Å². The predicted octanol–water partition coefficient (Wildman–Crippen LogP) is 7.84. The number of aromatic nitrogens is 2. The summed E-state index contributed by atoms with van der Waals surface area (Å²) in [5.74, 6) is -1.55. The molecule has 5 aromatic rings. The van der Waals surface area contributed by atoms with Crippen LogP contribution in [0.4, 0.5) is 0 Å². The third-order valence-corrected chi connectivity index (χ3v) is 9.29. The maximum Gasteiger partial charge on any atom is 0.331 e. The number of hydrogen-bond acceptors (Lipinski definition) is 9. The van der Waals surface area contributed by atoms with E-state index in [-0.39, 0.29) is 19.4 Å². The van der Waals surface area contributed by atoms with Gasteiger partial charge >= 0.3 is 11.9 Å². The molecule has 0 saturated heterocycles. The van der Waals surface area contributed by atoms with Crippen LogP contribution in [0.15, 0.2) is 122 Å². The molecule has 0 spiro atoms. The molecule has 2 N–H and O–H groups in total. The fourth-order valence-electron chi connectivity index (χ4n) is 6.10. The molecule has 0 aliphatic heterocycles. The molecule has 1 amide bonds. The summed E-state index contributed by atoms with van der Waals surface area (Å²) in [4.78, 5) is 48.8. The largest absolute Gasteiger partial charge is 0.494 e. The summed E-state index contributed by atoms with van der Waals surface area (Å²) < 4.78 is 16.3. The number of nitrogens with zero attached hydrogens (tertiary/aromatic N) is 2. The summed E-state index contributed by atoms with van der Waals surface area (Å²) in [6.45, 7) is 2.98. The van der Waals surface area contributed by atoms with Crippen LogP contribution in [0.5, 0.6) is 5.75 Å². The zero-order chi connectivity index (χ0) is 38.8. The van der Waals surface area contributed by atoms with Crippen LogP contribution in [0.3, 0.4) is 0 Å². The SMILES string of the molecule is CCCCCCCOc1ccc(-c2cnc(-c3ccc(C[C@H](CC(=O)OCc4ccccc4)C(=O)NC(C(=O)OC)C(O)c4ccccc4)cc3)nc2)cc1. The third kappa shape index (κ3) is 12.3. The van der Waals surface area contributed by atoms with E-state index in [0.29, 0.717) is 18.0 Å². The van der Waals surface area contributed by atoms with Crippen LogP contribution in [-0.4, -0.2) is 52.7 Å². The molecule has 0 aliphatic carbocycles. The van der Waals surface area contributed by atoms with E-state index in [1.54, 1.807) is 42.7 Å². The average molecular weight is 744 g/mol. The van der Waals surface area contributed by atoms with E-state index in [1.165, 1.54) is 32.8 Å². The maximum atomic E-state index is 13.8. The van der Waals surface area contributed by atoms with Crippen LogP contribution in [0, 0.1) is 5.92 Å². The van der Waals surface area contributed by atoms with Crippen molar-refractivity contribution in [2.24, 2.45) is 5.92 Å². The topological polar surface area (TPSA) is 137 Å². The molecule has 55 heavy (non-hydrogen) atoms. The molecule has 3 atom stereocenters. The molecular weight excluding hydrogens is 695 g/mol. The van der Waals surface area contributed by atoms with Gasteiger partial charge in [0.05, 0.1) is 26.1 Å². The molecule has 1 heterocycles. The van der Waals surface area contributed by atoms with Crippen LogP contribution >= 0.6 is 0 Å². The Labute approximate surface area is 322 Å². The molecule has 5 rings (SSSR count). The van der Waals surface area contributed by atoms with Crippen LogP contribution in [0.2, 0.25) is 0 Å². The number of ether oxygens (including phenoxy) is 3. The highest BCUT2D eigenvalue weighted by molar-refractivity contribution is 5.88. The average Bonchev–Trinajstić information content (AvgIpc) is 3.23. The third-order valence-electron chi connectivity index (χ3n) is 9.29. The zero-order valence-corrected chi connectivity index (χ0v) is 31.4. The lowest BCUT2D eigenvalue weighted by atomic mass is 9.93. The molecule has 4 aromatic carbocycles. The summed E-state index contributed by atoms with van der Waals surface area (Å²) in [7, 11) is 1.18. The van der Waals surface area contributed by atoms with Crippen LogP contribution in [0.1, 0.15) is 68.2 Å². The highest BCUT2D eigenvalue weighted by Gasteiger charge is 2.34. The summed E-state index contributed by atoms with van der Waals surface area (Å²) in [6, 6.07) is 31.7. The molecule has 0 radical (unpaired) electrons. The molecule has 0 aliphatic rings. The first-order valence-electron chi connectivity index (χ1n) is 18.8. The van der Waals surface area contributed by atoms with Crippen LogP contribution in [0.25, 0.3) is 22.5 Å². The number of amides is 1. The van der Waals surface area contributed by atoms with Gasteiger partial charge in [0.25, 0.3) is 0 Å². The lowest BCUT2D eigenvalue weighted by molar-refractivity contribution is -0.150. The minimum absolute atomic E-state index is 0.0536. The predicted molar refractivity (Wildman–Crippen MR) is 211 cm³/mol. The number of rotatable bonds is 20. The summed E-state index contributed by atoms with van der Waals surface area (Å²) in [5, 5.41) is 13.7. The van der Waals surface area contributed by atoms with Crippen molar-refractivity contribution < 1.29 is 33.7 Å². The fourth-order valence-corrected chi connectivity index (χ4v) is 6.10. The van der Waals surface area contributed by atoms with Gasteiger partial charge < -0.3 is 24.6 Å². The molecule has 0 bridgehead atoms. The Kier molecular flexibility index (Phi) is 15.5. The fraction of sp³-hybridized carbons (Fsp3) is 0.311. The van der Waals surface area contributed by atoms with Crippen LogP contribution < -0.4 is 10.1 Å². The smallest absolute Gasteiger partial charge is 0.331 e. The van der Waals surface area contributed by atoms with E-state index in [2.05, 4.69) is 22.2 Å². The van der Waals surface area contributed by atoms with Gasteiger partial charge in [0, 0.05) is 23.5 Å². The second-order valence-electron chi connectivity index (χ2n) is 13.4. The number of hydrogen-bond donors (Lipinski definition) is 2. The van der Waals surface area contributed by atoms with Crippen molar-refractivity contribution in [1.29, 1.82) is 0 Å². The second kappa shape index (κ2) is 21.1. The first-order chi connectivity index (χ1) is 26.8. The van der Waals surface area contributed by atoms with Gasteiger partial charge in [-0.15, -0.1) is 0 Å². The number of unbranched alkanes of at least 4 members (excludes halogenated alkanes) is 4. The van der Waals surface area contributed by atoms with Crippen molar-refractivity contribution in [3.05, 3.63) is 138 Å². The van der Waals surface area contributed by atoms with E-state index in [4.69, 9.17) is 14.2 Å². The number of esters is 2. The Bertz CT molecular complexity index is 1920. The first-order valence-corrected chi connectivity index (χ1v) is 18.8. The van der Waals surface area contributed by atoms with Gasteiger partial charge in [-0.3, -0.25) is 9.59 Å².